The van der Waals surface area contributed by atoms with Crippen LogP contribution in [0.5, 0.6) is 0 Å². The first-order valence-corrected chi connectivity index (χ1v) is 5.16. The predicted octanol–water partition coefficient (Wildman–Crippen LogP) is 2.83. The summed E-state index contributed by atoms with van der Waals surface area (Å²) in [6.07, 6.45) is 2.69. The topological polar surface area (TPSA) is 30.0 Å². The molecule has 16 heavy (non-hydrogen) atoms. The van der Waals surface area contributed by atoms with E-state index in [-0.39, 0.29) is 6.42 Å². The fourth-order valence-electron chi connectivity index (χ4n) is 1.39. The number of hydrogen-bond acceptors (Lipinski definition) is 2. The molecule has 1 aromatic heterocycles. The minimum Gasteiger partial charge on any atom is -0.302 e. The summed E-state index contributed by atoms with van der Waals surface area (Å²) in [5.41, 5.74) is 1.65. The lowest BCUT2D eigenvalue weighted by molar-refractivity contribution is -0.107. The number of aromatic nitrogens is 1. The molecule has 0 saturated carbocycles. The molecule has 0 amide bonds. The van der Waals surface area contributed by atoms with Crippen molar-refractivity contribution in [1.29, 1.82) is 0 Å². The minimum absolute atomic E-state index is 0.251. The van der Waals surface area contributed by atoms with Crippen LogP contribution in [0.25, 0.3) is 10.9 Å². The van der Waals surface area contributed by atoms with Crippen molar-refractivity contribution in [2.24, 2.45) is 0 Å². The Kier molecular flexibility index (Phi) is 3.19. The molecule has 2 nitrogen and oxygen atoms in total. The van der Waals surface area contributed by atoms with Crippen molar-refractivity contribution in [2.45, 2.75) is 6.42 Å². The zero-order chi connectivity index (χ0) is 11.4. The number of aldehydes is 1. The molecule has 1 heterocycles. The van der Waals surface area contributed by atoms with Gasteiger partial charge in [-0.25, -0.2) is 0 Å². The first kappa shape index (κ1) is 10.7. The Labute approximate surface area is 98.3 Å². The van der Waals surface area contributed by atoms with Crippen LogP contribution in [-0.2, 0) is 4.79 Å². The van der Waals surface area contributed by atoms with Gasteiger partial charge in [-0.1, -0.05) is 29.5 Å². The van der Waals surface area contributed by atoms with E-state index in [9.17, 15) is 4.79 Å². The van der Waals surface area contributed by atoms with E-state index in [0.717, 1.165) is 22.8 Å². The molecule has 0 saturated heterocycles. The van der Waals surface area contributed by atoms with Crippen LogP contribution in [0.15, 0.2) is 30.5 Å². The van der Waals surface area contributed by atoms with Gasteiger partial charge < -0.3 is 4.79 Å². The number of carbonyl (C=O) groups excluding carboxylic acids is 1. The minimum atomic E-state index is 0.251. The first-order valence-electron chi connectivity index (χ1n) is 4.78. The van der Waals surface area contributed by atoms with Gasteiger partial charge in [0.15, 0.2) is 0 Å². The molecule has 0 N–H and O–H groups in total. The maximum atomic E-state index is 10.1. The summed E-state index contributed by atoms with van der Waals surface area (Å²) in [5.74, 6) is 5.64. The highest BCUT2D eigenvalue weighted by Gasteiger charge is 1.99. The zero-order valence-electron chi connectivity index (χ0n) is 8.40. The van der Waals surface area contributed by atoms with Gasteiger partial charge in [-0.3, -0.25) is 4.98 Å². The van der Waals surface area contributed by atoms with E-state index in [1.165, 1.54) is 0 Å². The monoisotopic (exact) mass is 229 g/mol. The molecule has 2 aromatic rings. The van der Waals surface area contributed by atoms with Crippen LogP contribution in [-0.4, -0.2) is 11.3 Å². The molecule has 78 valence electrons. The number of nitrogens with zero attached hydrogens (tertiary/aromatic N) is 1. The predicted molar refractivity (Wildman–Crippen MR) is 64.3 cm³/mol. The Hall–Kier alpha value is -1.85. The average molecular weight is 230 g/mol. The van der Waals surface area contributed by atoms with Gasteiger partial charge in [0.05, 0.1) is 17.0 Å². The third kappa shape index (κ3) is 2.21. The third-order valence-electron chi connectivity index (χ3n) is 2.11. The number of fused-ring (bicyclic) bond motifs is 1. The molecule has 0 aliphatic heterocycles. The second-order valence-corrected chi connectivity index (χ2v) is 3.60. The highest BCUT2D eigenvalue weighted by molar-refractivity contribution is 6.35. The highest BCUT2D eigenvalue weighted by atomic mass is 35.5. The van der Waals surface area contributed by atoms with E-state index in [0.29, 0.717) is 5.02 Å². The van der Waals surface area contributed by atoms with Crippen molar-refractivity contribution >= 4 is 28.8 Å². The molecule has 0 aliphatic rings. The van der Waals surface area contributed by atoms with Gasteiger partial charge in [-0.2, -0.15) is 0 Å². The van der Waals surface area contributed by atoms with Crippen LogP contribution < -0.4 is 0 Å². The van der Waals surface area contributed by atoms with Crippen molar-refractivity contribution in [3.63, 3.8) is 0 Å². The molecule has 0 bridgehead atoms. The summed E-state index contributed by atoms with van der Waals surface area (Å²) in [6.45, 7) is 0. The van der Waals surface area contributed by atoms with Crippen molar-refractivity contribution in [3.8, 4) is 11.8 Å². The average Bonchev–Trinajstić information content (AvgIpc) is 2.30. The third-order valence-corrected chi connectivity index (χ3v) is 2.44. The van der Waals surface area contributed by atoms with Gasteiger partial charge in [0.1, 0.15) is 6.29 Å². The number of carbonyl (C=O) groups is 1. The van der Waals surface area contributed by atoms with E-state index in [4.69, 9.17) is 11.6 Å². The fraction of sp³-hybridized carbons (Fsp3) is 0.0769. The number of hydrogen-bond donors (Lipinski definition) is 0. The van der Waals surface area contributed by atoms with Crippen LogP contribution in [0.3, 0.4) is 0 Å². The Bertz CT molecular complexity index is 596. The van der Waals surface area contributed by atoms with Crippen LogP contribution in [0, 0.1) is 11.8 Å². The van der Waals surface area contributed by atoms with Gasteiger partial charge in [-0.05, 0) is 18.2 Å². The number of halogens is 1. The standard InChI is InChI=1S/C13H8ClNO/c14-12-6-7-15-13-9-10(3-1-2-8-16)4-5-11(12)13/h4-9H,2H2. The Morgan fingerprint density at radius 1 is 1.38 bits per heavy atom. The lowest BCUT2D eigenvalue weighted by Crippen LogP contribution is -1.81. The largest absolute Gasteiger partial charge is 0.302 e. The van der Waals surface area contributed by atoms with E-state index >= 15 is 0 Å². The zero-order valence-corrected chi connectivity index (χ0v) is 9.16. The van der Waals surface area contributed by atoms with E-state index < -0.39 is 0 Å². The summed E-state index contributed by atoms with van der Waals surface area (Å²) in [7, 11) is 0. The first-order chi connectivity index (χ1) is 7.81. The molecular formula is C13H8ClNO. The van der Waals surface area contributed by atoms with Crippen molar-refractivity contribution in [2.75, 3.05) is 0 Å². The number of pyridine rings is 1. The number of rotatable bonds is 1. The smallest absolute Gasteiger partial charge is 0.131 e. The van der Waals surface area contributed by atoms with Gasteiger partial charge in [-0.15, -0.1) is 0 Å². The van der Waals surface area contributed by atoms with E-state index in [1.54, 1.807) is 12.3 Å². The van der Waals surface area contributed by atoms with Crippen LogP contribution in [0.2, 0.25) is 5.02 Å². The number of benzene rings is 1. The maximum Gasteiger partial charge on any atom is 0.131 e. The Morgan fingerprint density at radius 3 is 3.06 bits per heavy atom. The van der Waals surface area contributed by atoms with Gasteiger partial charge >= 0.3 is 0 Å². The molecule has 0 unspecified atom stereocenters. The summed E-state index contributed by atoms with van der Waals surface area (Å²) in [5, 5.41) is 1.59. The van der Waals surface area contributed by atoms with Crippen LogP contribution >= 0.6 is 11.6 Å². The van der Waals surface area contributed by atoms with Crippen molar-refractivity contribution in [1.82, 2.24) is 4.98 Å². The molecule has 2 rings (SSSR count). The highest BCUT2D eigenvalue weighted by Crippen LogP contribution is 2.21. The SMILES string of the molecule is O=CCC#Cc1ccc2c(Cl)ccnc2c1. The molecular weight excluding hydrogens is 222 g/mol. The van der Waals surface area contributed by atoms with E-state index in [1.807, 2.05) is 18.2 Å². The quantitative estimate of drug-likeness (QED) is 0.556. The van der Waals surface area contributed by atoms with Crippen LogP contribution in [0.1, 0.15) is 12.0 Å². The lowest BCUT2D eigenvalue weighted by atomic mass is 10.1. The molecule has 1 aromatic carbocycles. The van der Waals surface area contributed by atoms with Gasteiger partial charge in [0.2, 0.25) is 0 Å². The van der Waals surface area contributed by atoms with Crippen LogP contribution in [0.4, 0.5) is 0 Å². The summed E-state index contributed by atoms with van der Waals surface area (Å²) < 4.78 is 0. The van der Waals surface area contributed by atoms with Gasteiger partial charge in [0.25, 0.3) is 0 Å². The summed E-state index contributed by atoms with van der Waals surface area (Å²) in [4.78, 5) is 14.3. The Balaban J connectivity index is 2.46. The lowest BCUT2D eigenvalue weighted by Gasteiger charge is -1.99. The molecule has 3 heteroatoms. The fourth-order valence-corrected chi connectivity index (χ4v) is 1.60. The summed E-state index contributed by atoms with van der Waals surface area (Å²) in [6, 6.07) is 7.37. The maximum absolute atomic E-state index is 10.1. The second kappa shape index (κ2) is 4.78. The van der Waals surface area contributed by atoms with E-state index in [2.05, 4.69) is 16.8 Å². The molecule has 0 atom stereocenters. The molecule has 0 fully saturated rings. The molecule has 0 aliphatic carbocycles. The Morgan fingerprint density at radius 2 is 2.25 bits per heavy atom. The van der Waals surface area contributed by atoms with Gasteiger partial charge in [0, 0.05) is 17.1 Å². The second-order valence-electron chi connectivity index (χ2n) is 3.20. The normalized spacial score (nSPS) is 9.56. The van der Waals surface area contributed by atoms with Crippen molar-refractivity contribution in [3.05, 3.63) is 41.0 Å². The molecule has 0 radical (unpaired) electrons. The summed E-state index contributed by atoms with van der Waals surface area (Å²) >= 11 is 6.01. The molecule has 0 spiro atoms. The van der Waals surface area contributed by atoms with Crippen molar-refractivity contribution < 1.29 is 4.79 Å².